The van der Waals surface area contributed by atoms with Crippen LogP contribution in [-0.2, 0) is 14.6 Å². The fourth-order valence-corrected chi connectivity index (χ4v) is 3.28. The average Bonchev–Trinajstić information content (AvgIpc) is 2.14. The molecule has 0 bridgehead atoms. The second kappa shape index (κ2) is 7.09. The molecule has 1 atom stereocenters. The maximum Gasteiger partial charge on any atom is 0.235 e. The molecule has 0 heterocycles. The minimum atomic E-state index is -3.29. The molecule has 0 rings (SSSR count). The molecule has 0 aromatic heterocycles. The lowest BCUT2D eigenvalue weighted by Gasteiger charge is -2.31. The summed E-state index contributed by atoms with van der Waals surface area (Å²) in [5, 5.41) is 2.75. The van der Waals surface area contributed by atoms with E-state index in [9.17, 15) is 13.2 Å². The smallest absolute Gasteiger partial charge is 0.235 e. The van der Waals surface area contributed by atoms with Gasteiger partial charge in [-0.05, 0) is 25.7 Å². The van der Waals surface area contributed by atoms with E-state index in [2.05, 4.69) is 5.32 Å². The van der Waals surface area contributed by atoms with Crippen molar-refractivity contribution in [1.29, 1.82) is 0 Å². The minimum Gasteiger partial charge on any atom is -0.349 e. The Morgan fingerprint density at radius 3 is 2.33 bits per heavy atom. The number of carbonyl (C=O) groups is 1. The molecule has 0 aliphatic rings. The van der Waals surface area contributed by atoms with Crippen molar-refractivity contribution in [3.05, 3.63) is 0 Å². The number of amides is 1. The van der Waals surface area contributed by atoms with E-state index in [1.807, 2.05) is 20.8 Å². The monoisotopic (exact) mass is 278 g/mol. The predicted molar refractivity (Wildman–Crippen MR) is 74.0 cm³/mol. The van der Waals surface area contributed by atoms with E-state index in [4.69, 9.17) is 5.73 Å². The summed E-state index contributed by atoms with van der Waals surface area (Å²) < 4.78 is 23.1. The Balaban J connectivity index is 4.54. The van der Waals surface area contributed by atoms with Gasteiger partial charge in [0.25, 0.3) is 0 Å². The number of carbonyl (C=O) groups excluding carboxylic acids is 1. The van der Waals surface area contributed by atoms with Crippen molar-refractivity contribution in [1.82, 2.24) is 5.32 Å². The molecule has 18 heavy (non-hydrogen) atoms. The summed E-state index contributed by atoms with van der Waals surface area (Å²) in [4.78, 5) is 11.7. The molecule has 3 N–H and O–H groups in total. The molecule has 0 fully saturated rings. The summed E-state index contributed by atoms with van der Waals surface area (Å²) in [6.07, 6.45) is 1.25. The van der Waals surface area contributed by atoms with Crippen LogP contribution in [0.3, 0.4) is 0 Å². The maximum atomic E-state index is 11.7. The molecular formula is C12H26N2O3S. The summed E-state index contributed by atoms with van der Waals surface area (Å²) >= 11 is 0. The highest BCUT2D eigenvalue weighted by molar-refractivity contribution is 7.92. The van der Waals surface area contributed by atoms with Crippen LogP contribution in [-0.4, -0.2) is 37.9 Å². The number of hydrogen-bond donors (Lipinski definition) is 2. The molecule has 6 heteroatoms. The van der Waals surface area contributed by atoms with Crippen molar-refractivity contribution in [3.63, 3.8) is 0 Å². The molecule has 0 aliphatic heterocycles. The van der Waals surface area contributed by atoms with Crippen LogP contribution in [0.1, 0.15) is 40.5 Å². The first-order chi connectivity index (χ1) is 8.14. The van der Waals surface area contributed by atoms with E-state index in [0.717, 1.165) is 6.42 Å². The van der Waals surface area contributed by atoms with Crippen molar-refractivity contribution >= 4 is 15.7 Å². The van der Waals surface area contributed by atoms with Gasteiger partial charge in [0.15, 0.2) is 9.84 Å². The van der Waals surface area contributed by atoms with Crippen molar-refractivity contribution in [2.45, 2.75) is 46.1 Å². The van der Waals surface area contributed by atoms with Crippen LogP contribution < -0.4 is 11.1 Å². The van der Waals surface area contributed by atoms with Gasteiger partial charge in [-0.25, -0.2) is 8.42 Å². The lowest BCUT2D eigenvalue weighted by Crippen LogP contribution is -2.53. The van der Waals surface area contributed by atoms with Crippen molar-refractivity contribution in [2.75, 3.05) is 18.1 Å². The molecule has 0 spiro atoms. The Bertz CT molecular complexity index is 366. The van der Waals surface area contributed by atoms with Crippen molar-refractivity contribution in [2.24, 2.45) is 11.7 Å². The number of sulfone groups is 1. The van der Waals surface area contributed by atoms with E-state index >= 15 is 0 Å². The van der Waals surface area contributed by atoms with Crippen LogP contribution >= 0.6 is 0 Å². The summed E-state index contributed by atoms with van der Waals surface area (Å²) in [7, 11) is -3.29. The third-order valence-corrected chi connectivity index (χ3v) is 4.35. The van der Waals surface area contributed by atoms with E-state index in [-0.39, 0.29) is 5.75 Å². The zero-order valence-corrected chi connectivity index (χ0v) is 12.6. The molecule has 108 valence electrons. The van der Waals surface area contributed by atoms with Gasteiger partial charge in [-0.2, -0.15) is 0 Å². The van der Waals surface area contributed by atoms with Gasteiger partial charge < -0.3 is 11.1 Å². The Morgan fingerprint density at radius 2 is 1.94 bits per heavy atom. The van der Waals surface area contributed by atoms with Gasteiger partial charge >= 0.3 is 0 Å². The Kier molecular flexibility index (Phi) is 6.84. The van der Waals surface area contributed by atoms with Crippen LogP contribution in [0, 0.1) is 5.92 Å². The molecule has 0 saturated carbocycles. The highest BCUT2D eigenvalue weighted by atomic mass is 32.2. The predicted octanol–water partition coefficient (Wildman–Crippen LogP) is 0.691. The van der Waals surface area contributed by atoms with Crippen LogP contribution in [0.5, 0.6) is 0 Å². The Morgan fingerprint density at radius 1 is 1.39 bits per heavy atom. The molecule has 1 amide bonds. The highest BCUT2D eigenvalue weighted by Gasteiger charge is 2.27. The van der Waals surface area contributed by atoms with E-state index in [1.54, 1.807) is 6.92 Å². The second-order valence-electron chi connectivity index (χ2n) is 5.50. The van der Waals surface area contributed by atoms with Gasteiger partial charge in [-0.15, -0.1) is 0 Å². The van der Waals surface area contributed by atoms with Crippen molar-refractivity contribution in [3.8, 4) is 0 Å². The third-order valence-electron chi connectivity index (χ3n) is 2.62. The Labute approximate surface area is 110 Å². The van der Waals surface area contributed by atoms with E-state index in [1.165, 1.54) is 0 Å². The summed E-state index contributed by atoms with van der Waals surface area (Å²) in [5.41, 5.74) is 5.13. The van der Waals surface area contributed by atoms with Crippen LogP contribution in [0.15, 0.2) is 0 Å². The van der Waals surface area contributed by atoms with E-state index < -0.39 is 27.0 Å². The number of hydrogen-bond acceptors (Lipinski definition) is 4. The van der Waals surface area contributed by atoms with Gasteiger partial charge in [-0.3, -0.25) is 4.79 Å². The zero-order chi connectivity index (χ0) is 14.4. The van der Waals surface area contributed by atoms with Gasteiger partial charge in [0.2, 0.25) is 5.91 Å². The summed E-state index contributed by atoms with van der Waals surface area (Å²) in [5.74, 6) is -0.485. The van der Waals surface area contributed by atoms with Crippen LogP contribution in [0.4, 0.5) is 0 Å². The number of rotatable bonds is 8. The fourth-order valence-electron chi connectivity index (χ4n) is 2.04. The van der Waals surface area contributed by atoms with Gasteiger partial charge in [0, 0.05) is 12.1 Å². The maximum absolute atomic E-state index is 11.7. The van der Waals surface area contributed by atoms with E-state index in [0.29, 0.717) is 18.9 Å². The fraction of sp³-hybridized carbons (Fsp3) is 0.917. The van der Waals surface area contributed by atoms with Crippen molar-refractivity contribution < 1.29 is 13.2 Å². The lowest BCUT2D eigenvalue weighted by atomic mass is 9.91. The first-order valence-corrected chi connectivity index (χ1v) is 8.18. The molecule has 0 aliphatic carbocycles. The van der Waals surface area contributed by atoms with Gasteiger partial charge in [-0.1, -0.05) is 20.8 Å². The molecule has 0 radical (unpaired) electrons. The van der Waals surface area contributed by atoms with Gasteiger partial charge in [0.1, 0.15) is 5.75 Å². The lowest BCUT2D eigenvalue weighted by molar-refractivity contribution is -0.120. The summed E-state index contributed by atoms with van der Waals surface area (Å²) in [6.45, 7) is 7.99. The van der Waals surface area contributed by atoms with Gasteiger partial charge in [0.05, 0.1) is 5.75 Å². The zero-order valence-electron chi connectivity index (χ0n) is 11.8. The molecule has 0 aromatic carbocycles. The van der Waals surface area contributed by atoms with Crippen LogP contribution in [0.2, 0.25) is 0 Å². The highest BCUT2D eigenvalue weighted by Crippen LogP contribution is 2.15. The molecule has 0 aromatic rings. The molecule has 1 unspecified atom stereocenters. The third kappa shape index (κ3) is 6.96. The second-order valence-corrected chi connectivity index (χ2v) is 7.69. The van der Waals surface area contributed by atoms with Crippen LogP contribution in [0.25, 0.3) is 0 Å². The number of nitrogens with two attached hydrogens (primary N) is 1. The topological polar surface area (TPSA) is 89.3 Å². The first-order valence-electron chi connectivity index (χ1n) is 6.35. The molecule has 5 nitrogen and oxygen atoms in total. The SMILES string of the molecule is CCCS(=O)(=O)CC(=O)NC(C)(CN)CC(C)C. The normalized spacial score (nSPS) is 15.4. The average molecular weight is 278 g/mol. The standard InChI is InChI=1S/C12H26N2O3S/c1-5-6-18(16,17)8-11(15)14-12(4,9-13)7-10(2)3/h10H,5-9,13H2,1-4H3,(H,14,15). The molecule has 0 saturated heterocycles. The Hall–Kier alpha value is -0.620. The quantitative estimate of drug-likeness (QED) is 0.683. The first kappa shape index (κ1) is 17.4. The largest absolute Gasteiger partial charge is 0.349 e. The molecular weight excluding hydrogens is 252 g/mol. The minimum absolute atomic E-state index is 0.0456. The number of nitrogens with one attached hydrogen (secondary N) is 1. The summed E-state index contributed by atoms with van der Waals surface area (Å²) in [6, 6.07) is 0.